The van der Waals surface area contributed by atoms with Crippen LogP contribution in [0.25, 0.3) is 11.4 Å². The van der Waals surface area contributed by atoms with Crippen LogP contribution in [0.5, 0.6) is 0 Å². The SMILES string of the molecule is OCCCCOCc1cccc(-c2cccc(COCCCCO)n2)n1. The molecule has 0 radical (unpaired) electrons. The lowest BCUT2D eigenvalue weighted by molar-refractivity contribution is 0.110. The highest BCUT2D eigenvalue weighted by Gasteiger charge is 2.05. The molecule has 26 heavy (non-hydrogen) atoms. The molecule has 2 rings (SSSR count). The molecule has 0 fully saturated rings. The molecule has 0 aromatic carbocycles. The van der Waals surface area contributed by atoms with Crippen molar-refractivity contribution < 1.29 is 19.7 Å². The molecule has 2 N–H and O–H groups in total. The first-order valence-corrected chi connectivity index (χ1v) is 9.13. The van der Waals surface area contributed by atoms with Gasteiger partial charge in [-0.1, -0.05) is 12.1 Å². The summed E-state index contributed by atoms with van der Waals surface area (Å²) in [6, 6.07) is 11.6. The fourth-order valence-corrected chi connectivity index (χ4v) is 2.39. The van der Waals surface area contributed by atoms with Crippen LogP contribution in [0.4, 0.5) is 0 Å². The fourth-order valence-electron chi connectivity index (χ4n) is 2.39. The standard InChI is InChI=1S/C20H28N2O4/c23-11-1-3-13-25-15-17-7-5-9-19(21-17)20-10-6-8-18(22-20)16-26-14-4-2-12-24/h5-10,23-24H,1-4,11-16H2. The van der Waals surface area contributed by atoms with Crippen molar-refractivity contribution in [2.45, 2.75) is 38.9 Å². The van der Waals surface area contributed by atoms with Gasteiger partial charge >= 0.3 is 0 Å². The monoisotopic (exact) mass is 360 g/mol. The summed E-state index contributed by atoms with van der Waals surface area (Å²) in [5, 5.41) is 17.5. The second-order valence-corrected chi connectivity index (χ2v) is 5.99. The zero-order chi connectivity index (χ0) is 18.5. The first-order chi connectivity index (χ1) is 12.8. The first-order valence-electron chi connectivity index (χ1n) is 9.13. The molecule has 0 saturated heterocycles. The maximum Gasteiger partial charge on any atom is 0.0890 e. The van der Waals surface area contributed by atoms with E-state index in [0.717, 1.165) is 48.5 Å². The van der Waals surface area contributed by atoms with Crippen molar-refractivity contribution in [3.05, 3.63) is 47.8 Å². The van der Waals surface area contributed by atoms with Gasteiger partial charge in [-0.3, -0.25) is 0 Å². The Morgan fingerprint density at radius 2 is 1.12 bits per heavy atom. The van der Waals surface area contributed by atoms with Crippen molar-refractivity contribution in [2.24, 2.45) is 0 Å². The fraction of sp³-hybridized carbons (Fsp3) is 0.500. The van der Waals surface area contributed by atoms with Gasteiger partial charge in [0, 0.05) is 26.4 Å². The lowest BCUT2D eigenvalue weighted by Crippen LogP contribution is -2.01. The number of hydrogen-bond donors (Lipinski definition) is 2. The van der Waals surface area contributed by atoms with Gasteiger partial charge in [0.1, 0.15) is 0 Å². The van der Waals surface area contributed by atoms with E-state index in [0.29, 0.717) is 26.4 Å². The zero-order valence-electron chi connectivity index (χ0n) is 15.1. The van der Waals surface area contributed by atoms with Gasteiger partial charge in [-0.2, -0.15) is 0 Å². The smallest absolute Gasteiger partial charge is 0.0890 e. The Morgan fingerprint density at radius 1 is 0.654 bits per heavy atom. The van der Waals surface area contributed by atoms with E-state index in [1.807, 2.05) is 36.4 Å². The summed E-state index contributed by atoms with van der Waals surface area (Å²) >= 11 is 0. The van der Waals surface area contributed by atoms with Gasteiger partial charge in [-0.25, -0.2) is 9.97 Å². The molecule has 0 aliphatic heterocycles. The molecule has 2 heterocycles. The Labute approximate surface area is 154 Å². The summed E-state index contributed by atoms with van der Waals surface area (Å²) in [5.41, 5.74) is 3.34. The summed E-state index contributed by atoms with van der Waals surface area (Å²) < 4.78 is 11.2. The zero-order valence-corrected chi connectivity index (χ0v) is 15.1. The quantitative estimate of drug-likeness (QED) is 0.534. The highest BCUT2D eigenvalue weighted by atomic mass is 16.5. The summed E-state index contributed by atoms with van der Waals surface area (Å²) in [4.78, 5) is 9.23. The number of aliphatic hydroxyl groups is 2. The number of unbranched alkanes of at least 4 members (excludes halogenated alkanes) is 2. The van der Waals surface area contributed by atoms with Gasteiger partial charge in [0.15, 0.2) is 0 Å². The summed E-state index contributed by atoms with van der Waals surface area (Å²) in [6.07, 6.45) is 3.20. The molecule has 0 aliphatic rings. The lowest BCUT2D eigenvalue weighted by Gasteiger charge is -2.08. The number of rotatable bonds is 13. The Bertz CT molecular complexity index is 581. The van der Waals surface area contributed by atoms with E-state index in [9.17, 15) is 0 Å². The van der Waals surface area contributed by atoms with Crippen molar-refractivity contribution >= 4 is 0 Å². The lowest BCUT2D eigenvalue weighted by atomic mass is 10.2. The van der Waals surface area contributed by atoms with Gasteiger partial charge in [0.2, 0.25) is 0 Å². The predicted molar refractivity (Wildman–Crippen MR) is 99.4 cm³/mol. The van der Waals surface area contributed by atoms with Gasteiger partial charge in [0.05, 0.1) is 36.0 Å². The van der Waals surface area contributed by atoms with Crippen LogP contribution in [0.2, 0.25) is 0 Å². The molecule has 0 spiro atoms. The van der Waals surface area contributed by atoms with E-state index in [-0.39, 0.29) is 13.2 Å². The third-order valence-electron chi connectivity index (χ3n) is 3.77. The van der Waals surface area contributed by atoms with Gasteiger partial charge in [0.25, 0.3) is 0 Å². The van der Waals surface area contributed by atoms with E-state index in [1.165, 1.54) is 0 Å². The van der Waals surface area contributed by atoms with Crippen LogP contribution >= 0.6 is 0 Å². The molecule has 0 bridgehead atoms. The second kappa shape index (κ2) is 12.5. The largest absolute Gasteiger partial charge is 0.396 e. The van der Waals surface area contributed by atoms with Crippen LogP contribution in [0.3, 0.4) is 0 Å². The third kappa shape index (κ3) is 7.58. The topological polar surface area (TPSA) is 84.7 Å². The molecule has 0 atom stereocenters. The van der Waals surface area contributed by atoms with E-state index in [1.54, 1.807) is 0 Å². The van der Waals surface area contributed by atoms with Crippen LogP contribution in [0, 0.1) is 0 Å². The average molecular weight is 360 g/mol. The first kappa shape index (κ1) is 20.5. The highest BCUT2D eigenvalue weighted by Crippen LogP contribution is 2.16. The molecule has 0 amide bonds. The number of nitrogens with zero attached hydrogens (tertiary/aromatic N) is 2. The van der Waals surface area contributed by atoms with E-state index >= 15 is 0 Å². The summed E-state index contributed by atoms with van der Waals surface area (Å²) in [5.74, 6) is 0. The number of aromatic nitrogens is 2. The molecule has 142 valence electrons. The highest BCUT2D eigenvalue weighted by molar-refractivity contribution is 5.54. The minimum Gasteiger partial charge on any atom is -0.396 e. The number of ether oxygens (including phenoxy) is 2. The van der Waals surface area contributed by atoms with Crippen molar-refractivity contribution in [3.63, 3.8) is 0 Å². The summed E-state index contributed by atoms with van der Waals surface area (Å²) in [7, 11) is 0. The maximum absolute atomic E-state index is 8.77. The molecule has 2 aromatic rings. The van der Waals surface area contributed by atoms with Crippen molar-refractivity contribution in [1.82, 2.24) is 9.97 Å². The van der Waals surface area contributed by atoms with Crippen LogP contribution in [-0.4, -0.2) is 46.6 Å². The van der Waals surface area contributed by atoms with Gasteiger partial charge in [-0.15, -0.1) is 0 Å². The van der Waals surface area contributed by atoms with Crippen LogP contribution in [-0.2, 0) is 22.7 Å². The van der Waals surface area contributed by atoms with Crippen molar-refractivity contribution in [1.29, 1.82) is 0 Å². The predicted octanol–water partition coefficient (Wildman–Crippen LogP) is 2.72. The summed E-state index contributed by atoms with van der Waals surface area (Å²) in [6.45, 7) is 2.54. The number of pyridine rings is 2. The Balaban J connectivity index is 1.89. The molecular weight excluding hydrogens is 332 g/mol. The Morgan fingerprint density at radius 3 is 1.54 bits per heavy atom. The molecule has 0 aliphatic carbocycles. The second-order valence-electron chi connectivity index (χ2n) is 5.99. The van der Waals surface area contributed by atoms with Crippen LogP contribution < -0.4 is 0 Å². The molecule has 6 nitrogen and oxygen atoms in total. The normalized spacial score (nSPS) is 11.0. The maximum atomic E-state index is 8.77. The Hall–Kier alpha value is -1.86. The van der Waals surface area contributed by atoms with E-state index in [4.69, 9.17) is 19.7 Å². The molecule has 6 heteroatoms. The minimum absolute atomic E-state index is 0.199. The Kier molecular flexibility index (Phi) is 9.82. The number of aliphatic hydroxyl groups excluding tert-OH is 2. The average Bonchev–Trinajstić information content (AvgIpc) is 2.68. The van der Waals surface area contributed by atoms with Crippen LogP contribution in [0.15, 0.2) is 36.4 Å². The van der Waals surface area contributed by atoms with Crippen LogP contribution in [0.1, 0.15) is 37.1 Å². The molecule has 0 unspecified atom stereocenters. The molecule has 0 saturated carbocycles. The van der Waals surface area contributed by atoms with E-state index in [2.05, 4.69) is 9.97 Å². The van der Waals surface area contributed by atoms with Crippen molar-refractivity contribution in [3.8, 4) is 11.4 Å². The minimum atomic E-state index is 0.199. The number of hydrogen-bond acceptors (Lipinski definition) is 6. The molecular formula is C20H28N2O4. The van der Waals surface area contributed by atoms with E-state index < -0.39 is 0 Å². The molecule has 2 aromatic heterocycles. The third-order valence-corrected chi connectivity index (χ3v) is 3.77. The van der Waals surface area contributed by atoms with Gasteiger partial charge < -0.3 is 19.7 Å². The van der Waals surface area contributed by atoms with Gasteiger partial charge in [-0.05, 0) is 49.9 Å². The van der Waals surface area contributed by atoms with Crippen molar-refractivity contribution in [2.75, 3.05) is 26.4 Å².